The van der Waals surface area contributed by atoms with Gasteiger partial charge in [-0.3, -0.25) is 4.79 Å². The Bertz CT molecular complexity index is 1450. The Morgan fingerprint density at radius 2 is 1.79 bits per heavy atom. The third-order valence-electron chi connectivity index (χ3n) is 5.12. The van der Waals surface area contributed by atoms with Gasteiger partial charge in [0.25, 0.3) is 5.56 Å². The van der Waals surface area contributed by atoms with Gasteiger partial charge in [0.2, 0.25) is 10.9 Å². The number of hydrogen-bond donors (Lipinski definition) is 2. The second-order valence-electron chi connectivity index (χ2n) is 7.45. The summed E-state index contributed by atoms with van der Waals surface area (Å²) in [6.45, 7) is 0.184. The van der Waals surface area contributed by atoms with E-state index in [1.807, 2.05) is 0 Å². The monoisotopic (exact) mass is 486 g/mol. The van der Waals surface area contributed by atoms with Crippen molar-refractivity contribution in [2.45, 2.75) is 6.42 Å². The van der Waals surface area contributed by atoms with Gasteiger partial charge < -0.3 is 13.7 Å². The van der Waals surface area contributed by atoms with E-state index >= 15 is 0 Å². The normalized spacial score (nSPS) is 11.2. The Morgan fingerprint density at radius 1 is 1.00 bits per heavy atom. The van der Waals surface area contributed by atoms with Crippen molar-refractivity contribution in [3.8, 4) is 33.9 Å². The first kappa shape index (κ1) is 23.4. The molecule has 4 rings (SSSR count). The maximum absolute atomic E-state index is 14.3. The van der Waals surface area contributed by atoms with Gasteiger partial charge in [-0.25, -0.2) is 21.9 Å². The number of benzene rings is 2. The zero-order valence-corrected chi connectivity index (χ0v) is 18.9. The van der Waals surface area contributed by atoms with Gasteiger partial charge in [0, 0.05) is 48.6 Å². The maximum atomic E-state index is 14.3. The van der Waals surface area contributed by atoms with E-state index in [2.05, 4.69) is 4.72 Å². The maximum Gasteiger partial charge on any atom is 0.251 e. The van der Waals surface area contributed by atoms with Crippen molar-refractivity contribution in [3.05, 3.63) is 94.6 Å². The Balaban J connectivity index is 1.86. The molecule has 10 heteroatoms. The van der Waals surface area contributed by atoms with Gasteiger partial charge in [0.05, 0.1) is 6.26 Å². The molecular formula is C24H20F2N2O5S. The molecular weight excluding hydrogens is 466 g/mol. The summed E-state index contributed by atoms with van der Waals surface area (Å²) < 4.78 is 64.4. The summed E-state index contributed by atoms with van der Waals surface area (Å²) in [6.07, 6.45) is 3.47. The fraction of sp³-hybridized carbons (Fsp3) is 0.125. The van der Waals surface area contributed by atoms with E-state index in [-0.39, 0.29) is 23.6 Å². The molecule has 2 aromatic carbocycles. The Labute approximate surface area is 195 Å². The first-order chi connectivity index (χ1) is 16.3. The van der Waals surface area contributed by atoms with E-state index in [0.29, 0.717) is 28.9 Å². The lowest BCUT2D eigenvalue weighted by molar-refractivity contribution is 0.439. The number of halogens is 2. The van der Waals surface area contributed by atoms with Crippen LogP contribution >= 0.6 is 0 Å². The molecule has 0 unspecified atom stereocenters. The molecule has 0 aliphatic heterocycles. The molecule has 0 fully saturated rings. The predicted octanol–water partition coefficient (Wildman–Crippen LogP) is 4.04. The van der Waals surface area contributed by atoms with Crippen LogP contribution in [0.2, 0.25) is 0 Å². The van der Waals surface area contributed by atoms with E-state index in [1.165, 1.54) is 23.0 Å². The number of pyridine rings is 1. The quantitative estimate of drug-likeness (QED) is 0.367. The summed E-state index contributed by atoms with van der Waals surface area (Å²) in [5.41, 5.74) is 2.08. The number of rotatable bonds is 8. The van der Waals surface area contributed by atoms with Crippen LogP contribution in [0.5, 0.6) is 11.5 Å². The van der Waals surface area contributed by atoms with Gasteiger partial charge in [-0.1, -0.05) is 6.07 Å². The Kier molecular flexibility index (Phi) is 6.90. The number of aromatic nitrogens is 1. The zero-order chi connectivity index (χ0) is 24.2. The number of nitrogens with zero attached hydrogens (tertiary/aromatic N) is 1. The summed E-state index contributed by atoms with van der Waals surface area (Å²) in [7, 11) is -1.14. The van der Waals surface area contributed by atoms with Crippen LogP contribution in [0.3, 0.4) is 0 Å². The van der Waals surface area contributed by atoms with E-state index in [0.717, 1.165) is 17.7 Å². The lowest BCUT2D eigenvalue weighted by atomic mass is 9.96. The number of thiol groups is 1. The predicted molar refractivity (Wildman–Crippen MR) is 123 cm³/mol. The van der Waals surface area contributed by atoms with Crippen molar-refractivity contribution in [2.24, 2.45) is 7.05 Å². The van der Waals surface area contributed by atoms with Crippen LogP contribution in [0.15, 0.2) is 76.3 Å². The van der Waals surface area contributed by atoms with E-state index in [4.69, 9.17) is 9.15 Å². The molecule has 7 nitrogen and oxygen atoms in total. The van der Waals surface area contributed by atoms with Gasteiger partial charge in [0.15, 0.2) is 11.6 Å². The minimum absolute atomic E-state index is 0.176. The number of hydrogen-bond acceptors (Lipinski definition) is 5. The fourth-order valence-electron chi connectivity index (χ4n) is 3.48. The minimum atomic E-state index is -2.73. The third-order valence-corrected chi connectivity index (χ3v) is 5.60. The standard InChI is InChI=1S/C24H20F2N2O5S/c1-28-14-19(18(13-24(28)29)21-3-2-10-32-21)17-11-15(8-9-27-34(30)31)4-6-22(17)33-23-7-5-16(25)12-20(23)26/h2-7,10-14,34H,8-9H2,1H3,(H,27,30,31). The molecule has 176 valence electrons. The summed E-state index contributed by atoms with van der Waals surface area (Å²) >= 11 is 0. The summed E-state index contributed by atoms with van der Waals surface area (Å²) in [5, 5.41) is 0. The number of furan rings is 1. The molecule has 0 aliphatic rings. The molecule has 4 aromatic rings. The van der Waals surface area contributed by atoms with Gasteiger partial charge in [0.1, 0.15) is 17.3 Å². The number of nitrogens with one attached hydrogen (secondary N) is 1. The average Bonchev–Trinajstić information content (AvgIpc) is 3.32. The van der Waals surface area contributed by atoms with E-state index < -0.39 is 22.5 Å². The molecule has 0 amide bonds. The second-order valence-corrected chi connectivity index (χ2v) is 8.28. The molecule has 0 saturated heterocycles. The lowest BCUT2D eigenvalue weighted by Crippen LogP contribution is -2.16. The lowest BCUT2D eigenvalue weighted by Gasteiger charge is -2.16. The first-order valence-electron chi connectivity index (χ1n) is 10.2. The fourth-order valence-corrected chi connectivity index (χ4v) is 3.77. The first-order valence-corrected chi connectivity index (χ1v) is 11.4. The Morgan fingerprint density at radius 3 is 2.50 bits per heavy atom. The summed E-state index contributed by atoms with van der Waals surface area (Å²) in [6, 6.07) is 12.9. The van der Waals surface area contributed by atoms with Crippen molar-refractivity contribution in [1.82, 2.24) is 9.29 Å². The van der Waals surface area contributed by atoms with Crippen LogP contribution in [0.25, 0.3) is 22.5 Å². The van der Waals surface area contributed by atoms with E-state index in [9.17, 15) is 22.0 Å². The van der Waals surface area contributed by atoms with Crippen molar-refractivity contribution in [3.63, 3.8) is 0 Å². The molecule has 1 N–H and O–H groups in total. The molecule has 0 aliphatic carbocycles. The van der Waals surface area contributed by atoms with Crippen LogP contribution in [0.4, 0.5) is 8.78 Å². The van der Waals surface area contributed by atoms with Crippen LogP contribution in [0, 0.1) is 11.6 Å². The van der Waals surface area contributed by atoms with Crippen molar-refractivity contribution >= 4 is 10.9 Å². The highest BCUT2D eigenvalue weighted by atomic mass is 32.2. The van der Waals surface area contributed by atoms with Gasteiger partial charge in [-0.2, -0.15) is 0 Å². The van der Waals surface area contributed by atoms with Crippen LogP contribution < -0.4 is 15.0 Å². The molecule has 0 radical (unpaired) electrons. The van der Waals surface area contributed by atoms with Crippen molar-refractivity contribution < 1.29 is 26.4 Å². The molecule has 0 atom stereocenters. The third kappa shape index (κ3) is 5.24. The molecule has 0 bridgehead atoms. The van der Waals surface area contributed by atoms with Gasteiger partial charge >= 0.3 is 0 Å². The average molecular weight is 486 g/mol. The molecule has 2 heterocycles. The van der Waals surface area contributed by atoms with Crippen LogP contribution in [-0.4, -0.2) is 19.5 Å². The SMILES string of the molecule is Cn1cc(-c2cc(CCN[SH](=O)=O)ccc2Oc2ccc(F)cc2F)c(-c2ccco2)cc1=O. The molecule has 2 aromatic heterocycles. The second kappa shape index (κ2) is 10.0. The summed E-state index contributed by atoms with van der Waals surface area (Å²) in [5.74, 6) is -1.08. The smallest absolute Gasteiger partial charge is 0.251 e. The van der Waals surface area contributed by atoms with Crippen molar-refractivity contribution in [1.29, 1.82) is 0 Å². The van der Waals surface area contributed by atoms with E-state index in [1.54, 1.807) is 43.6 Å². The largest absolute Gasteiger partial charge is 0.464 e. The minimum Gasteiger partial charge on any atom is -0.464 e. The van der Waals surface area contributed by atoms with Crippen molar-refractivity contribution in [2.75, 3.05) is 6.54 Å². The van der Waals surface area contributed by atoms with Crippen LogP contribution in [0.1, 0.15) is 5.56 Å². The molecule has 34 heavy (non-hydrogen) atoms. The molecule has 0 saturated carbocycles. The summed E-state index contributed by atoms with van der Waals surface area (Å²) in [4.78, 5) is 12.4. The topological polar surface area (TPSA) is 90.5 Å². The highest BCUT2D eigenvalue weighted by Crippen LogP contribution is 2.39. The zero-order valence-electron chi connectivity index (χ0n) is 18.0. The van der Waals surface area contributed by atoms with Gasteiger partial charge in [-0.05, 0) is 48.4 Å². The highest BCUT2D eigenvalue weighted by Gasteiger charge is 2.18. The van der Waals surface area contributed by atoms with Gasteiger partial charge in [-0.15, -0.1) is 0 Å². The molecule has 0 spiro atoms. The number of ether oxygens (including phenoxy) is 1. The Hall–Kier alpha value is -3.76. The highest BCUT2D eigenvalue weighted by molar-refractivity contribution is 7.70. The number of aryl methyl sites for hydroxylation is 1. The van der Waals surface area contributed by atoms with Crippen LogP contribution in [-0.2, 0) is 24.4 Å².